The molecule has 0 bridgehead atoms. The van der Waals surface area contributed by atoms with Gasteiger partial charge >= 0.3 is 0 Å². The van der Waals surface area contributed by atoms with E-state index in [2.05, 4.69) is 4.84 Å². The Balaban J connectivity index is 0.000000160. The second-order valence-corrected chi connectivity index (χ2v) is 3.02. The van der Waals surface area contributed by atoms with Crippen molar-refractivity contribution in [3.63, 3.8) is 0 Å². The fourth-order valence-electron chi connectivity index (χ4n) is 0.973. The number of aromatic hydroxyl groups is 1. The Hall–Kier alpha value is -2.20. The Bertz CT molecular complexity index is 380. The molecule has 0 aliphatic carbocycles. The van der Waals surface area contributed by atoms with Crippen LogP contribution in [0.5, 0.6) is 11.5 Å². The van der Waals surface area contributed by atoms with Gasteiger partial charge in [-0.15, -0.1) is 0 Å². The van der Waals surface area contributed by atoms with E-state index in [0.717, 1.165) is 0 Å². The highest BCUT2D eigenvalue weighted by Gasteiger charge is 1.82. The molecule has 0 aromatic heterocycles. The minimum Gasteiger partial charge on any atom is -0.508 e. The van der Waals surface area contributed by atoms with Crippen molar-refractivity contribution in [1.82, 2.24) is 0 Å². The van der Waals surface area contributed by atoms with Gasteiger partial charge in [0.25, 0.3) is 0 Å². The summed E-state index contributed by atoms with van der Waals surface area (Å²) in [6, 6.07) is 15.6. The van der Waals surface area contributed by atoms with E-state index in [4.69, 9.17) is 16.7 Å². The van der Waals surface area contributed by atoms with Crippen molar-refractivity contribution in [2.75, 3.05) is 5.73 Å². The van der Waals surface area contributed by atoms with Crippen LogP contribution in [-0.2, 0) is 0 Å². The molecule has 0 fully saturated rings. The third-order valence-electron chi connectivity index (χ3n) is 1.77. The van der Waals surface area contributed by atoms with Crippen LogP contribution in [0.4, 0.5) is 5.69 Å². The van der Waals surface area contributed by atoms with E-state index in [1.807, 2.05) is 18.2 Å². The van der Waals surface area contributed by atoms with Crippen LogP contribution in [0.3, 0.4) is 0 Å². The summed E-state index contributed by atoms with van der Waals surface area (Å²) in [5, 5.41) is 8.70. The van der Waals surface area contributed by atoms with Crippen LogP contribution in [0.1, 0.15) is 0 Å². The lowest BCUT2D eigenvalue weighted by atomic mass is 10.3. The predicted molar refractivity (Wildman–Crippen MR) is 63.8 cm³/mol. The predicted octanol–water partition coefficient (Wildman–Crippen LogP) is 1.91. The normalized spacial score (nSPS) is 8.81. The van der Waals surface area contributed by atoms with Gasteiger partial charge in [-0.25, -0.2) is 0 Å². The Morgan fingerprint density at radius 1 is 0.875 bits per heavy atom. The molecule has 0 unspecified atom stereocenters. The number of phenolic OH excluding ortho intramolecular Hbond substituents is 1. The first kappa shape index (κ1) is 11.9. The van der Waals surface area contributed by atoms with Crippen LogP contribution in [0.25, 0.3) is 0 Å². The first-order valence-electron chi connectivity index (χ1n) is 4.68. The summed E-state index contributed by atoms with van der Waals surface area (Å²) in [4.78, 5) is 4.41. The maximum atomic E-state index is 8.70. The Labute approximate surface area is 94.0 Å². The van der Waals surface area contributed by atoms with Gasteiger partial charge in [-0.3, -0.25) is 0 Å². The SMILES string of the molecule is NOc1ccccc1.Nc1ccc(O)cc1. The minimum atomic E-state index is 0.249. The molecular weight excluding hydrogens is 204 g/mol. The molecule has 0 heterocycles. The number of benzene rings is 2. The number of phenols is 1. The number of anilines is 1. The van der Waals surface area contributed by atoms with Crippen molar-refractivity contribution in [3.05, 3.63) is 54.6 Å². The lowest BCUT2D eigenvalue weighted by Gasteiger charge is -1.92. The van der Waals surface area contributed by atoms with Crippen molar-refractivity contribution < 1.29 is 9.94 Å². The second-order valence-electron chi connectivity index (χ2n) is 3.02. The van der Waals surface area contributed by atoms with E-state index >= 15 is 0 Å². The van der Waals surface area contributed by atoms with Crippen molar-refractivity contribution in [2.45, 2.75) is 0 Å². The van der Waals surface area contributed by atoms with E-state index < -0.39 is 0 Å². The number of nitrogen functional groups attached to an aromatic ring is 1. The van der Waals surface area contributed by atoms with Crippen molar-refractivity contribution >= 4 is 5.69 Å². The largest absolute Gasteiger partial charge is 0.508 e. The van der Waals surface area contributed by atoms with Gasteiger partial charge in [-0.2, -0.15) is 5.90 Å². The van der Waals surface area contributed by atoms with Crippen molar-refractivity contribution in [1.29, 1.82) is 0 Å². The smallest absolute Gasteiger partial charge is 0.146 e. The Morgan fingerprint density at radius 3 is 1.81 bits per heavy atom. The molecule has 0 amide bonds. The lowest BCUT2D eigenvalue weighted by Crippen LogP contribution is -2.00. The maximum Gasteiger partial charge on any atom is 0.146 e. The molecule has 16 heavy (non-hydrogen) atoms. The van der Waals surface area contributed by atoms with Crippen LogP contribution < -0.4 is 16.5 Å². The van der Waals surface area contributed by atoms with Crippen LogP contribution >= 0.6 is 0 Å². The fourth-order valence-corrected chi connectivity index (χ4v) is 0.973. The molecule has 0 radical (unpaired) electrons. The standard InChI is InChI=1S/2C6H7NO/c7-5-1-3-6(8)4-2-5;7-8-6-4-2-1-3-5-6/h1-4,8H,7H2;1-5H,7H2. The van der Waals surface area contributed by atoms with Gasteiger partial charge in [0, 0.05) is 5.69 Å². The number of hydrogen-bond donors (Lipinski definition) is 3. The van der Waals surface area contributed by atoms with Gasteiger partial charge < -0.3 is 15.7 Å². The first-order chi connectivity index (χ1) is 7.72. The number of nitrogens with two attached hydrogens (primary N) is 2. The van der Waals surface area contributed by atoms with E-state index in [9.17, 15) is 0 Å². The molecule has 2 aromatic rings. The summed E-state index contributed by atoms with van der Waals surface area (Å²) in [6.07, 6.45) is 0. The highest BCUT2D eigenvalue weighted by molar-refractivity contribution is 5.40. The zero-order valence-corrected chi connectivity index (χ0v) is 8.71. The summed E-state index contributed by atoms with van der Waals surface area (Å²) in [5.41, 5.74) is 5.98. The number of para-hydroxylation sites is 1. The molecular formula is C12H14N2O2. The number of hydrogen-bond acceptors (Lipinski definition) is 4. The van der Waals surface area contributed by atoms with E-state index in [1.54, 1.807) is 36.4 Å². The number of rotatable bonds is 1. The van der Waals surface area contributed by atoms with Gasteiger partial charge in [0.1, 0.15) is 11.5 Å². The van der Waals surface area contributed by atoms with Crippen LogP contribution in [0.15, 0.2) is 54.6 Å². The summed E-state index contributed by atoms with van der Waals surface area (Å²) >= 11 is 0. The molecule has 4 heteroatoms. The molecule has 0 atom stereocenters. The fraction of sp³-hybridized carbons (Fsp3) is 0. The average Bonchev–Trinajstić information content (AvgIpc) is 2.35. The molecule has 0 saturated heterocycles. The van der Waals surface area contributed by atoms with Gasteiger partial charge in [-0.1, -0.05) is 18.2 Å². The van der Waals surface area contributed by atoms with E-state index in [-0.39, 0.29) is 5.75 Å². The zero-order chi connectivity index (χ0) is 11.8. The quantitative estimate of drug-likeness (QED) is 0.388. The first-order valence-corrected chi connectivity index (χ1v) is 4.68. The highest BCUT2D eigenvalue weighted by atomic mass is 16.6. The molecule has 0 spiro atoms. The third kappa shape index (κ3) is 4.34. The Kier molecular flexibility index (Phi) is 4.69. The highest BCUT2D eigenvalue weighted by Crippen LogP contribution is 2.09. The van der Waals surface area contributed by atoms with Gasteiger partial charge in [0.05, 0.1) is 0 Å². The summed E-state index contributed by atoms with van der Waals surface area (Å²) < 4.78 is 0. The molecule has 84 valence electrons. The van der Waals surface area contributed by atoms with E-state index in [1.165, 1.54) is 0 Å². The van der Waals surface area contributed by atoms with Crippen LogP contribution in [0.2, 0.25) is 0 Å². The van der Waals surface area contributed by atoms with Crippen molar-refractivity contribution in [3.8, 4) is 11.5 Å². The molecule has 2 aromatic carbocycles. The Morgan fingerprint density at radius 2 is 1.44 bits per heavy atom. The van der Waals surface area contributed by atoms with Crippen LogP contribution in [-0.4, -0.2) is 5.11 Å². The molecule has 0 aliphatic heterocycles. The molecule has 2 rings (SSSR count). The lowest BCUT2D eigenvalue weighted by molar-refractivity contribution is 0.334. The minimum absolute atomic E-state index is 0.249. The van der Waals surface area contributed by atoms with E-state index in [0.29, 0.717) is 11.4 Å². The van der Waals surface area contributed by atoms with Gasteiger partial charge in [0.15, 0.2) is 0 Å². The monoisotopic (exact) mass is 218 g/mol. The van der Waals surface area contributed by atoms with Gasteiger partial charge in [0.2, 0.25) is 0 Å². The second kappa shape index (κ2) is 6.31. The molecule has 4 nitrogen and oxygen atoms in total. The van der Waals surface area contributed by atoms with Crippen molar-refractivity contribution in [2.24, 2.45) is 5.90 Å². The molecule has 0 aliphatic rings. The maximum absolute atomic E-state index is 8.70. The summed E-state index contributed by atoms with van der Waals surface area (Å²) in [5.74, 6) is 5.79. The van der Waals surface area contributed by atoms with Gasteiger partial charge in [-0.05, 0) is 36.4 Å². The molecule has 0 saturated carbocycles. The topological polar surface area (TPSA) is 81.5 Å². The van der Waals surface area contributed by atoms with Crippen LogP contribution in [0, 0.1) is 0 Å². The summed E-state index contributed by atoms with van der Waals surface area (Å²) in [6.45, 7) is 0. The zero-order valence-electron chi connectivity index (χ0n) is 8.71. The average molecular weight is 218 g/mol. The third-order valence-corrected chi connectivity index (χ3v) is 1.77. The summed E-state index contributed by atoms with van der Waals surface area (Å²) in [7, 11) is 0. The molecule has 5 N–H and O–H groups in total.